The Bertz CT molecular complexity index is 1540. The number of carbonyl (C=O) groups is 1. The van der Waals surface area contributed by atoms with Crippen molar-refractivity contribution in [3.05, 3.63) is 82.1 Å². The molecule has 0 atom stereocenters. The van der Waals surface area contributed by atoms with Crippen molar-refractivity contribution in [2.45, 2.75) is 49.5 Å². The minimum absolute atomic E-state index is 0.0252. The lowest BCUT2D eigenvalue weighted by Gasteiger charge is -2.23. The van der Waals surface area contributed by atoms with Crippen molar-refractivity contribution in [3.63, 3.8) is 0 Å². The van der Waals surface area contributed by atoms with E-state index in [9.17, 15) is 23.3 Å². The zero-order valence-electron chi connectivity index (χ0n) is 21.0. The topological polar surface area (TPSA) is 147 Å². The molecule has 2 aromatic carbocycles. The Labute approximate surface area is 225 Å². The highest BCUT2D eigenvalue weighted by atomic mass is 32.2. The summed E-state index contributed by atoms with van der Waals surface area (Å²) in [6.07, 6.45) is 6.81. The molecule has 2 aliphatic rings. The number of fused-ring (bicyclic) bond motifs is 1. The fourth-order valence-electron chi connectivity index (χ4n) is 4.70. The smallest absolute Gasteiger partial charge is 0.285 e. The van der Waals surface area contributed by atoms with E-state index in [0.29, 0.717) is 22.6 Å². The number of nitro groups is 1. The molecule has 1 N–H and O–H groups in total. The Kier molecular flexibility index (Phi) is 7.55. The number of nitrogens with zero attached hydrogens (tertiary/aromatic N) is 4. The second-order valence-corrected chi connectivity index (χ2v) is 11.0. The normalized spacial score (nSPS) is 16.6. The third kappa shape index (κ3) is 6.06. The van der Waals surface area contributed by atoms with Crippen LogP contribution in [0.25, 0.3) is 11.3 Å². The Morgan fingerprint density at radius 2 is 1.85 bits per heavy atom. The molecule has 0 spiro atoms. The number of benzene rings is 2. The SMILES string of the molecule is O=C(CCN(/N=C/c1ccc(-c2ccc([N+](=O)[O-])cc2)o1)C1=NS(=O)(=O)c2ccccc21)NC1CCCCC1. The number of hydrogen-bond acceptors (Lipinski definition) is 8. The molecule has 202 valence electrons. The number of sulfonamides is 1. The van der Waals surface area contributed by atoms with E-state index in [2.05, 4.69) is 14.8 Å². The molecule has 1 fully saturated rings. The molecule has 5 rings (SSSR count). The third-order valence-electron chi connectivity index (χ3n) is 6.69. The number of nitrogens with one attached hydrogen (secondary N) is 1. The molecule has 1 saturated carbocycles. The van der Waals surface area contributed by atoms with Gasteiger partial charge in [-0.1, -0.05) is 31.4 Å². The van der Waals surface area contributed by atoms with Crippen molar-refractivity contribution >= 4 is 33.7 Å². The number of hydrazone groups is 1. The maximum absolute atomic E-state index is 12.7. The summed E-state index contributed by atoms with van der Waals surface area (Å²) < 4.78 is 35.1. The Balaban J connectivity index is 1.36. The van der Waals surface area contributed by atoms with Gasteiger partial charge in [0.05, 0.1) is 17.7 Å². The molecular formula is C27H27N5O6S. The first-order valence-electron chi connectivity index (χ1n) is 12.7. The van der Waals surface area contributed by atoms with E-state index in [1.165, 1.54) is 35.8 Å². The zero-order chi connectivity index (χ0) is 27.4. The van der Waals surface area contributed by atoms with Crippen LogP contribution >= 0.6 is 0 Å². The van der Waals surface area contributed by atoms with Gasteiger partial charge in [0.25, 0.3) is 15.7 Å². The minimum atomic E-state index is -3.89. The molecule has 1 amide bonds. The summed E-state index contributed by atoms with van der Waals surface area (Å²) in [6.45, 7) is 0.105. The average Bonchev–Trinajstić information content (AvgIpc) is 3.52. The predicted octanol–water partition coefficient (Wildman–Crippen LogP) is 4.48. The molecule has 11 nitrogen and oxygen atoms in total. The number of amidine groups is 1. The molecule has 1 aliphatic carbocycles. The monoisotopic (exact) mass is 549 g/mol. The number of non-ortho nitro benzene ring substituents is 1. The molecule has 0 saturated heterocycles. The van der Waals surface area contributed by atoms with Crippen molar-refractivity contribution in [2.75, 3.05) is 6.54 Å². The van der Waals surface area contributed by atoms with Crippen LogP contribution in [-0.2, 0) is 14.8 Å². The maximum atomic E-state index is 12.7. The van der Waals surface area contributed by atoms with Crippen LogP contribution in [0.4, 0.5) is 5.69 Å². The van der Waals surface area contributed by atoms with E-state index < -0.39 is 14.9 Å². The van der Waals surface area contributed by atoms with Crippen molar-refractivity contribution in [2.24, 2.45) is 9.50 Å². The number of amides is 1. The molecule has 1 aliphatic heterocycles. The summed E-state index contributed by atoms with van der Waals surface area (Å²) in [5.41, 5.74) is 1.04. The predicted molar refractivity (Wildman–Crippen MR) is 145 cm³/mol. The summed E-state index contributed by atoms with van der Waals surface area (Å²) in [6, 6.07) is 16.0. The molecule has 12 heteroatoms. The number of rotatable bonds is 8. The van der Waals surface area contributed by atoms with Gasteiger partial charge in [-0.15, -0.1) is 4.40 Å². The van der Waals surface area contributed by atoms with Gasteiger partial charge in [0, 0.05) is 35.7 Å². The van der Waals surface area contributed by atoms with E-state index >= 15 is 0 Å². The second kappa shape index (κ2) is 11.2. The minimum Gasteiger partial charge on any atom is -0.455 e. The lowest BCUT2D eigenvalue weighted by Crippen LogP contribution is -2.38. The quantitative estimate of drug-likeness (QED) is 0.247. The van der Waals surface area contributed by atoms with Crippen LogP contribution in [0.2, 0.25) is 0 Å². The van der Waals surface area contributed by atoms with Gasteiger partial charge in [-0.3, -0.25) is 14.9 Å². The van der Waals surface area contributed by atoms with Gasteiger partial charge < -0.3 is 9.73 Å². The molecule has 0 unspecified atom stereocenters. The van der Waals surface area contributed by atoms with E-state index in [1.54, 1.807) is 42.5 Å². The molecular weight excluding hydrogens is 522 g/mol. The fourth-order valence-corrected chi connectivity index (χ4v) is 5.90. The van der Waals surface area contributed by atoms with Crippen LogP contribution < -0.4 is 5.32 Å². The maximum Gasteiger partial charge on any atom is 0.285 e. The number of furan rings is 1. The van der Waals surface area contributed by atoms with Crippen LogP contribution in [0.15, 0.2) is 79.5 Å². The highest BCUT2D eigenvalue weighted by Gasteiger charge is 2.32. The van der Waals surface area contributed by atoms with Crippen LogP contribution in [0.5, 0.6) is 0 Å². The third-order valence-corrected chi connectivity index (χ3v) is 8.02. The average molecular weight is 550 g/mol. The van der Waals surface area contributed by atoms with Gasteiger partial charge in [0.2, 0.25) is 5.91 Å². The first-order valence-corrected chi connectivity index (χ1v) is 14.1. The van der Waals surface area contributed by atoms with Gasteiger partial charge >= 0.3 is 0 Å². The van der Waals surface area contributed by atoms with Gasteiger partial charge in [0.15, 0.2) is 5.84 Å². The lowest BCUT2D eigenvalue weighted by molar-refractivity contribution is -0.384. The molecule has 0 radical (unpaired) electrons. The largest absolute Gasteiger partial charge is 0.455 e. The Morgan fingerprint density at radius 1 is 1.10 bits per heavy atom. The molecule has 0 bridgehead atoms. The van der Waals surface area contributed by atoms with Gasteiger partial charge in [0.1, 0.15) is 16.4 Å². The zero-order valence-corrected chi connectivity index (χ0v) is 21.8. The summed E-state index contributed by atoms with van der Waals surface area (Å²) in [7, 11) is -3.89. The van der Waals surface area contributed by atoms with Crippen LogP contribution in [-0.4, -0.2) is 48.9 Å². The first-order chi connectivity index (χ1) is 18.8. The molecule has 3 aromatic rings. The standard InChI is InChI=1S/C27H27N5O6S/c33-26(29-20-6-2-1-3-7-20)16-17-31(27-23-8-4-5-9-25(23)39(36,37)30-27)28-18-22-14-15-24(38-22)19-10-12-21(13-11-19)32(34)35/h4-5,8-15,18,20H,1-3,6-7,16-17H2,(H,29,33)/b28-18+. The summed E-state index contributed by atoms with van der Waals surface area (Å²) in [4.78, 5) is 23.2. The summed E-state index contributed by atoms with van der Waals surface area (Å²) in [5.74, 6) is 0.857. The van der Waals surface area contributed by atoms with Crippen LogP contribution in [0.3, 0.4) is 0 Å². The van der Waals surface area contributed by atoms with Crippen molar-refractivity contribution < 1.29 is 22.6 Å². The molecule has 2 heterocycles. The highest BCUT2D eigenvalue weighted by Crippen LogP contribution is 2.28. The first kappa shape index (κ1) is 26.3. The van der Waals surface area contributed by atoms with Gasteiger partial charge in [-0.2, -0.15) is 13.5 Å². The van der Waals surface area contributed by atoms with Crippen LogP contribution in [0.1, 0.15) is 49.8 Å². The number of carbonyl (C=O) groups excluding carboxylic acids is 1. The van der Waals surface area contributed by atoms with E-state index in [0.717, 1.165) is 25.7 Å². The molecule has 39 heavy (non-hydrogen) atoms. The molecule has 1 aromatic heterocycles. The van der Waals surface area contributed by atoms with Crippen LogP contribution in [0, 0.1) is 10.1 Å². The van der Waals surface area contributed by atoms with E-state index in [1.807, 2.05) is 0 Å². The van der Waals surface area contributed by atoms with E-state index in [4.69, 9.17) is 4.42 Å². The number of hydrogen-bond donors (Lipinski definition) is 1. The summed E-state index contributed by atoms with van der Waals surface area (Å²) in [5, 5.41) is 19.8. The highest BCUT2D eigenvalue weighted by molar-refractivity contribution is 7.90. The number of nitro benzene ring substituents is 1. The fraction of sp³-hybridized carbons (Fsp3) is 0.296. The summed E-state index contributed by atoms with van der Waals surface area (Å²) >= 11 is 0. The second-order valence-electron chi connectivity index (χ2n) is 9.41. The van der Waals surface area contributed by atoms with Crippen molar-refractivity contribution in [3.8, 4) is 11.3 Å². The van der Waals surface area contributed by atoms with Gasteiger partial charge in [-0.05, 0) is 49.2 Å². The van der Waals surface area contributed by atoms with Crippen molar-refractivity contribution in [1.29, 1.82) is 0 Å². The Hall–Kier alpha value is -4.32. The van der Waals surface area contributed by atoms with Crippen molar-refractivity contribution in [1.82, 2.24) is 10.3 Å². The Morgan fingerprint density at radius 3 is 2.59 bits per heavy atom. The van der Waals surface area contributed by atoms with Gasteiger partial charge in [-0.25, -0.2) is 5.01 Å². The lowest BCUT2D eigenvalue weighted by atomic mass is 9.95. The van der Waals surface area contributed by atoms with E-state index in [-0.39, 0.29) is 41.3 Å².